The SMILES string of the molecule is O=C(O)C(=O)N(Cc1ccc(-c2cccc3c2oc2ccccc23)cc1)Cc1ccc(C(F)(F)F)cc1.O=C(O)C(=O)N(Cc1ccc(-c2cccc3c2oc2ccccc23)cc1)Cc1ccc(C(F)(F)F)cc1. The fourth-order valence-corrected chi connectivity index (χ4v) is 8.68. The Labute approximate surface area is 416 Å². The number of benzene rings is 8. The molecule has 0 aliphatic heterocycles. The van der Waals surface area contributed by atoms with Crippen LogP contribution in [0.5, 0.6) is 0 Å². The molecule has 0 radical (unpaired) electrons. The molecular weight excluding hydrogens is 967 g/mol. The summed E-state index contributed by atoms with van der Waals surface area (Å²) in [6.45, 7) is -0.352. The van der Waals surface area contributed by atoms with E-state index >= 15 is 0 Å². The number of nitrogens with zero attached hydrogens (tertiary/aromatic N) is 2. The molecule has 372 valence electrons. The number of furan rings is 2. The molecule has 10 rings (SSSR count). The Kier molecular flexibility index (Phi) is 13.8. The first-order valence-corrected chi connectivity index (χ1v) is 22.8. The molecule has 2 N–H and O–H groups in total. The van der Waals surface area contributed by atoms with E-state index in [9.17, 15) is 55.7 Å². The Bertz CT molecular complexity index is 3450. The van der Waals surface area contributed by atoms with E-state index < -0.39 is 47.2 Å². The molecule has 0 bridgehead atoms. The molecule has 2 amide bonds. The number of para-hydroxylation sites is 4. The first-order chi connectivity index (χ1) is 35.4. The Morgan fingerprint density at radius 2 is 0.676 bits per heavy atom. The van der Waals surface area contributed by atoms with Gasteiger partial charge in [0.2, 0.25) is 0 Å². The van der Waals surface area contributed by atoms with E-state index in [1.165, 1.54) is 24.3 Å². The summed E-state index contributed by atoms with van der Waals surface area (Å²) < 4.78 is 89.3. The number of aliphatic carboxylic acids is 2. The third-order valence-electron chi connectivity index (χ3n) is 12.3. The second-order valence-electron chi connectivity index (χ2n) is 17.3. The van der Waals surface area contributed by atoms with Crippen molar-refractivity contribution in [2.24, 2.45) is 0 Å². The van der Waals surface area contributed by atoms with Gasteiger partial charge in [-0.15, -0.1) is 0 Å². The van der Waals surface area contributed by atoms with Gasteiger partial charge in [0.15, 0.2) is 0 Å². The summed E-state index contributed by atoms with van der Waals surface area (Å²) in [5.41, 5.74) is 7.09. The molecule has 10 nitrogen and oxygen atoms in total. The highest BCUT2D eigenvalue weighted by Gasteiger charge is 2.31. The zero-order valence-electron chi connectivity index (χ0n) is 38.7. The Hall–Kier alpha value is -9.18. The van der Waals surface area contributed by atoms with Crippen LogP contribution in [0.2, 0.25) is 0 Å². The summed E-state index contributed by atoms with van der Waals surface area (Å²) in [6.07, 6.45) is -8.97. The fourth-order valence-electron chi connectivity index (χ4n) is 8.68. The minimum atomic E-state index is -4.48. The fraction of sp³-hybridized carbons (Fsp3) is 0.103. The number of carboxylic acids is 2. The van der Waals surface area contributed by atoms with Crippen LogP contribution >= 0.6 is 0 Å². The highest BCUT2D eigenvalue weighted by atomic mass is 19.4. The minimum Gasteiger partial charge on any atom is -0.474 e. The molecule has 0 unspecified atom stereocenters. The number of carbonyl (C=O) groups is 4. The highest BCUT2D eigenvalue weighted by Crippen LogP contribution is 2.38. The van der Waals surface area contributed by atoms with Crippen molar-refractivity contribution in [3.8, 4) is 22.3 Å². The number of alkyl halides is 6. The number of carbonyl (C=O) groups excluding carboxylic acids is 2. The number of hydrogen-bond donors (Lipinski definition) is 2. The summed E-state index contributed by atoms with van der Waals surface area (Å²) in [4.78, 5) is 49.6. The van der Waals surface area contributed by atoms with Crippen molar-refractivity contribution >= 4 is 67.6 Å². The van der Waals surface area contributed by atoms with Crippen molar-refractivity contribution < 1.29 is 64.6 Å². The second kappa shape index (κ2) is 20.5. The van der Waals surface area contributed by atoms with Gasteiger partial charge in [0.1, 0.15) is 22.3 Å². The minimum absolute atomic E-state index is 0.0265. The van der Waals surface area contributed by atoms with Crippen molar-refractivity contribution in [3.05, 3.63) is 215 Å². The number of hydrogen-bond acceptors (Lipinski definition) is 6. The molecule has 2 aromatic heterocycles. The lowest BCUT2D eigenvalue weighted by Crippen LogP contribution is -2.35. The van der Waals surface area contributed by atoms with Gasteiger partial charge in [-0.25, -0.2) is 9.59 Å². The van der Waals surface area contributed by atoms with Gasteiger partial charge in [0.25, 0.3) is 0 Å². The summed E-state index contributed by atoms with van der Waals surface area (Å²) in [5, 5.41) is 22.5. The molecular formula is C58H40F6N2O8. The van der Waals surface area contributed by atoms with Gasteiger partial charge in [-0.05, 0) is 69.8 Å². The molecule has 74 heavy (non-hydrogen) atoms. The maximum absolute atomic E-state index is 12.9. The van der Waals surface area contributed by atoms with Crippen LogP contribution < -0.4 is 0 Å². The highest BCUT2D eigenvalue weighted by molar-refractivity contribution is 6.31. The van der Waals surface area contributed by atoms with Gasteiger partial charge >= 0.3 is 36.1 Å². The van der Waals surface area contributed by atoms with Gasteiger partial charge in [-0.1, -0.05) is 146 Å². The average Bonchev–Trinajstić information content (AvgIpc) is 3.97. The smallest absolute Gasteiger partial charge is 0.416 e. The molecule has 0 saturated heterocycles. The maximum Gasteiger partial charge on any atom is 0.416 e. The van der Waals surface area contributed by atoms with Crippen molar-refractivity contribution in [2.45, 2.75) is 38.5 Å². The van der Waals surface area contributed by atoms with E-state index in [1.54, 1.807) is 24.3 Å². The first-order valence-electron chi connectivity index (χ1n) is 22.8. The molecule has 0 aliphatic rings. The average molecular weight is 1010 g/mol. The zero-order chi connectivity index (χ0) is 52.3. The molecule has 0 aliphatic carbocycles. The molecule has 0 fully saturated rings. The number of carboxylic acid groups (broad SMARTS) is 2. The molecule has 0 atom stereocenters. The van der Waals surface area contributed by atoms with E-state index in [0.29, 0.717) is 22.3 Å². The molecule has 2 heterocycles. The first kappa shape index (κ1) is 49.8. The Morgan fingerprint density at radius 1 is 0.378 bits per heavy atom. The summed E-state index contributed by atoms with van der Waals surface area (Å²) in [5.74, 6) is -5.56. The van der Waals surface area contributed by atoms with Crippen molar-refractivity contribution in [2.75, 3.05) is 0 Å². The van der Waals surface area contributed by atoms with Crippen molar-refractivity contribution in [1.82, 2.24) is 9.80 Å². The lowest BCUT2D eigenvalue weighted by molar-refractivity contribution is -0.156. The van der Waals surface area contributed by atoms with E-state index in [0.717, 1.165) is 100 Å². The number of rotatable bonds is 10. The van der Waals surface area contributed by atoms with E-state index in [2.05, 4.69) is 0 Å². The molecule has 8 aromatic carbocycles. The van der Waals surface area contributed by atoms with Crippen LogP contribution in [-0.2, 0) is 57.7 Å². The predicted molar refractivity (Wildman–Crippen MR) is 265 cm³/mol. The number of fused-ring (bicyclic) bond motifs is 6. The standard InChI is InChI=1S/2C29H20F3NO4/c2*30-29(31,32)21-14-10-19(11-15-21)17-33(27(34)28(35)36)16-18-8-12-20(13-9-18)22-5-3-6-24-23-4-1-2-7-25(23)37-26(22)24/h2*1-15H,16-17H2,(H,35,36). The van der Waals surface area contributed by atoms with Gasteiger partial charge in [0, 0.05) is 58.9 Å². The normalized spacial score (nSPS) is 11.6. The lowest BCUT2D eigenvalue weighted by Gasteiger charge is -2.21. The van der Waals surface area contributed by atoms with Crippen LogP contribution in [0.15, 0.2) is 191 Å². The van der Waals surface area contributed by atoms with Gasteiger partial charge in [0.05, 0.1) is 11.1 Å². The Balaban J connectivity index is 0.000000182. The Morgan fingerprint density at radius 3 is 0.986 bits per heavy atom. The largest absolute Gasteiger partial charge is 0.474 e. The van der Waals surface area contributed by atoms with Gasteiger partial charge in [-0.2, -0.15) is 26.3 Å². The predicted octanol–water partition coefficient (Wildman–Crippen LogP) is 13.8. The van der Waals surface area contributed by atoms with E-state index in [4.69, 9.17) is 8.83 Å². The molecule has 0 spiro atoms. The molecule has 16 heteroatoms. The van der Waals surface area contributed by atoms with Crippen molar-refractivity contribution in [3.63, 3.8) is 0 Å². The third-order valence-corrected chi connectivity index (χ3v) is 12.3. The van der Waals surface area contributed by atoms with Crippen LogP contribution in [0.25, 0.3) is 66.1 Å². The summed E-state index contributed by atoms with van der Waals surface area (Å²) >= 11 is 0. The topological polar surface area (TPSA) is 142 Å². The van der Waals surface area contributed by atoms with Gasteiger partial charge < -0.3 is 28.8 Å². The van der Waals surface area contributed by atoms with Crippen LogP contribution in [0.4, 0.5) is 26.3 Å². The second-order valence-corrected chi connectivity index (χ2v) is 17.3. The van der Waals surface area contributed by atoms with Crippen LogP contribution in [0, 0.1) is 0 Å². The van der Waals surface area contributed by atoms with E-state index in [1.807, 2.05) is 109 Å². The quantitative estimate of drug-likeness (QED) is 0.102. The van der Waals surface area contributed by atoms with Crippen LogP contribution in [0.3, 0.4) is 0 Å². The summed E-state index contributed by atoms with van der Waals surface area (Å²) in [7, 11) is 0. The molecule has 10 aromatic rings. The maximum atomic E-state index is 12.9. The third kappa shape index (κ3) is 10.8. The summed E-state index contributed by atoms with van der Waals surface area (Å²) in [6, 6.07) is 50.5. The number of amides is 2. The van der Waals surface area contributed by atoms with Crippen LogP contribution in [0.1, 0.15) is 33.4 Å². The molecule has 0 saturated carbocycles. The van der Waals surface area contributed by atoms with E-state index in [-0.39, 0.29) is 26.2 Å². The number of halogens is 6. The van der Waals surface area contributed by atoms with Crippen molar-refractivity contribution in [1.29, 1.82) is 0 Å². The van der Waals surface area contributed by atoms with Crippen LogP contribution in [-0.4, -0.2) is 43.8 Å². The zero-order valence-corrected chi connectivity index (χ0v) is 38.7. The monoisotopic (exact) mass is 1010 g/mol. The van der Waals surface area contributed by atoms with Gasteiger partial charge in [-0.3, -0.25) is 9.59 Å². The lowest BCUT2D eigenvalue weighted by atomic mass is 10.0.